The van der Waals surface area contributed by atoms with Gasteiger partial charge in [-0.1, -0.05) is 25.1 Å². The van der Waals surface area contributed by atoms with Gasteiger partial charge in [0.05, 0.1) is 36.8 Å². The van der Waals surface area contributed by atoms with E-state index >= 15 is 0 Å². The van der Waals surface area contributed by atoms with E-state index in [1.807, 2.05) is 24.4 Å². The molecule has 2 aromatic carbocycles. The van der Waals surface area contributed by atoms with Gasteiger partial charge in [0.15, 0.2) is 10.8 Å². The van der Waals surface area contributed by atoms with Crippen LogP contribution in [0.2, 0.25) is 0 Å². The Morgan fingerprint density at radius 2 is 1.98 bits per heavy atom. The third kappa shape index (κ3) is 6.38. The van der Waals surface area contributed by atoms with E-state index in [0.717, 1.165) is 10.6 Å². The van der Waals surface area contributed by atoms with Gasteiger partial charge in [-0.15, -0.1) is 11.3 Å². The summed E-state index contributed by atoms with van der Waals surface area (Å²) in [5.74, 6) is -1.02. The van der Waals surface area contributed by atoms with E-state index in [2.05, 4.69) is 15.3 Å². The number of aromatic nitrogens is 3. The molecule has 1 aliphatic rings. The highest BCUT2D eigenvalue weighted by Gasteiger charge is 2.36. The topological polar surface area (TPSA) is 147 Å². The predicted octanol–water partition coefficient (Wildman–Crippen LogP) is 3.34. The van der Waals surface area contributed by atoms with Crippen LogP contribution in [-0.2, 0) is 17.1 Å². The maximum atomic E-state index is 13.8. The summed E-state index contributed by atoms with van der Waals surface area (Å²) < 4.78 is 35.8. The number of aliphatic hydroxyl groups excluding tert-OH is 1. The first-order valence-corrected chi connectivity index (χ1v) is 16.3. The largest absolute Gasteiger partial charge is 0.486 e. The molecule has 2 amide bonds. The summed E-state index contributed by atoms with van der Waals surface area (Å²) in [5.41, 5.74) is 1.72. The van der Waals surface area contributed by atoms with Gasteiger partial charge in [0, 0.05) is 55.5 Å². The number of benzene rings is 2. The zero-order valence-corrected chi connectivity index (χ0v) is 26.4. The first kappa shape index (κ1) is 31.3. The molecule has 0 aliphatic carbocycles. The van der Waals surface area contributed by atoms with Gasteiger partial charge in [0.2, 0.25) is 0 Å². The van der Waals surface area contributed by atoms with Gasteiger partial charge < -0.3 is 24.6 Å². The Morgan fingerprint density at radius 3 is 2.61 bits per heavy atom. The number of rotatable bonds is 9. The van der Waals surface area contributed by atoms with Crippen LogP contribution in [0.25, 0.3) is 10.6 Å². The van der Waals surface area contributed by atoms with Crippen molar-refractivity contribution in [3.8, 4) is 16.3 Å². The second kappa shape index (κ2) is 12.9. The summed E-state index contributed by atoms with van der Waals surface area (Å²) >= 11 is 1.50. The molecule has 232 valence electrons. The fraction of sp³-hybridized carbons (Fsp3) is 0.333. The van der Waals surface area contributed by atoms with Gasteiger partial charge in [0.25, 0.3) is 21.8 Å². The number of amides is 2. The fourth-order valence-electron chi connectivity index (χ4n) is 4.92. The number of para-hydroxylation sites is 1. The number of fused-ring (bicyclic) bond motifs is 1. The first-order valence-electron chi connectivity index (χ1n) is 14.0. The zero-order valence-electron chi connectivity index (χ0n) is 24.7. The molecule has 4 aromatic rings. The number of aliphatic hydroxyl groups is 1. The smallest absolute Gasteiger partial charge is 0.261 e. The van der Waals surface area contributed by atoms with Crippen LogP contribution >= 0.6 is 11.3 Å². The van der Waals surface area contributed by atoms with Gasteiger partial charge in [-0.05, 0) is 31.2 Å². The van der Waals surface area contributed by atoms with Crippen LogP contribution in [0.15, 0.2) is 71.6 Å². The quantitative estimate of drug-likeness (QED) is 0.284. The molecule has 3 heterocycles. The number of sulfonamides is 1. The number of hydrogen-bond acceptors (Lipinski definition) is 9. The monoisotopic (exact) mass is 638 g/mol. The van der Waals surface area contributed by atoms with Crippen molar-refractivity contribution in [1.29, 1.82) is 0 Å². The maximum absolute atomic E-state index is 13.8. The zero-order chi connectivity index (χ0) is 31.6. The van der Waals surface area contributed by atoms with Crippen molar-refractivity contribution in [2.45, 2.75) is 31.0 Å². The highest BCUT2D eigenvalue weighted by Crippen LogP contribution is 2.35. The summed E-state index contributed by atoms with van der Waals surface area (Å²) in [6, 6.07) is 11.4. The number of aryl methyl sites for hydroxylation is 1. The van der Waals surface area contributed by atoms with Crippen LogP contribution in [0.5, 0.6) is 5.75 Å². The number of anilines is 1. The van der Waals surface area contributed by atoms with Crippen molar-refractivity contribution in [3.63, 3.8) is 0 Å². The number of ether oxygens (including phenoxy) is 1. The SMILES string of the molecule is C[C@@H]1CN([C@H](C)CO)C(=O)c2cccc(NC(=O)c3ccc(-c4nccs4)cc3)c2O[C@@H]1CN(C)S(=O)(=O)c1cn(C)cn1. The number of carbonyl (C=O) groups is 2. The molecule has 3 atom stereocenters. The fourth-order valence-corrected chi connectivity index (χ4v) is 6.70. The van der Waals surface area contributed by atoms with Crippen molar-refractivity contribution in [3.05, 3.63) is 77.7 Å². The summed E-state index contributed by atoms with van der Waals surface area (Å²) in [4.78, 5) is 37.0. The van der Waals surface area contributed by atoms with Crippen molar-refractivity contribution >= 4 is 38.9 Å². The van der Waals surface area contributed by atoms with Gasteiger partial charge in [0.1, 0.15) is 11.1 Å². The summed E-state index contributed by atoms with van der Waals surface area (Å²) in [6.45, 7) is 3.48. The molecule has 1 aliphatic heterocycles. The normalized spacial score (nSPS) is 17.9. The number of nitrogens with one attached hydrogen (secondary N) is 1. The Hall–Kier alpha value is -4.11. The average molecular weight is 639 g/mol. The summed E-state index contributed by atoms with van der Waals surface area (Å²) in [7, 11) is -0.813. The van der Waals surface area contributed by atoms with E-state index in [1.54, 1.807) is 60.0 Å². The minimum Gasteiger partial charge on any atom is -0.486 e. The van der Waals surface area contributed by atoms with E-state index in [0.29, 0.717) is 5.56 Å². The Kier molecular flexibility index (Phi) is 9.15. The second-order valence-corrected chi connectivity index (χ2v) is 13.7. The highest BCUT2D eigenvalue weighted by atomic mass is 32.2. The third-order valence-corrected chi connectivity index (χ3v) is 10.1. The molecule has 5 rings (SSSR count). The standard InChI is InChI=1S/C30H34N6O6S2/c1-19-14-36(20(2)17-37)30(39)23-6-5-7-24(33-28(38)21-8-10-22(11-9-21)29-31-12-13-43-29)27(23)42-25(19)15-35(4)44(40,41)26-16-34(3)18-32-26/h5-13,16,18-20,25,37H,14-15,17H2,1-4H3,(H,33,38)/t19-,20-,25-/m1/s1. The molecule has 0 unspecified atom stereocenters. The Balaban J connectivity index is 1.47. The number of carbonyl (C=O) groups excluding carboxylic acids is 2. The molecule has 0 spiro atoms. The number of likely N-dealkylation sites (N-methyl/N-ethyl adjacent to an activating group) is 1. The van der Waals surface area contributed by atoms with E-state index in [9.17, 15) is 23.1 Å². The van der Waals surface area contributed by atoms with Crippen molar-refractivity contribution in [2.75, 3.05) is 32.1 Å². The highest BCUT2D eigenvalue weighted by molar-refractivity contribution is 7.89. The van der Waals surface area contributed by atoms with E-state index in [1.165, 1.54) is 35.2 Å². The number of nitrogens with zero attached hydrogens (tertiary/aromatic N) is 5. The molecule has 0 saturated carbocycles. The second-order valence-electron chi connectivity index (χ2n) is 10.8. The minimum atomic E-state index is -3.94. The van der Waals surface area contributed by atoms with E-state index < -0.39 is 28.1 Å². The van der Waals surface area contributed by atoms with Crippen LogP contribution in [0.1, 0.15) is 34.6 Å². The minimum absolute atomic E-state index is 0.0600. The maximum Gasteiger partial charge on any atom is 0.261 e. The lowest BCUT2D eigenvalue weighted by Crippen LogP contribution is -2.50. The van der Waals surface area contributed by atoms with Crippen LogP contribution in [0.3, 0.4) is 0 Å². The molecule has 0 bridgehead atoms. The third-order valence-electron chi connectivity index (χ3n) is 7.56. The van der Waals surface area contributed by atoms with Crippen LogP contribution in [0, 0.1) is 5.92 Å². The predicted molar refractivity (Wildman–Crippen MR) is 166 cm³/mol. The van der Waals surface area contributed by atoms with Gasteiger partial charge in [-0.25, -0.2) is 18.4 Å². The average Bonchev–Trinajstić information content (AvgIpc) is 3.71. The van der Waals surface area contributed by atoms with Gasteiger partial charge >= 0.3 is 0 Å². The molecule has 12 nitrogen and oxygen atoms in total. The lowest BCUT2D eigenvalue weighted by atomic mass is 9.99. The van der Waals surface area contributed by atoms with Gasteiger partial charge in [-0.3, -0.25) is 9.59 Å². The van der Waals surface area contributed by atoms with E-state index in [-0.39, 0.29) is 53.5 Å². The van der Waals surface area contributed by atoms with Crippen LogP contribution in [0.4, 0.5) is 5.69 Å². The summed E-state index contributed by atoms with van der Waals surface area (Å²) in [5, 5.41) is 15.4. The van der Waals surface area contributed by atoms with Gasteiger partial charge in [-0.2, -0.15) is 4.31 Å². The molecule has 2 N–H and O–H groups in total. The van der Waals surface area contributed by atoms with E-state index in [4.69, 9.17) is 4.74 Å². The molecule has 2 aromatic heterocycles. The molecule has 14 heteroatoms. The first-order chi connectivity index (χ1) is 21.0. The Bertz CT molecular complexity index is 1740. The molecule has 0 radical (unpaired) electrons. The lowest BCUT2D eigenvalue weighted by molar-refractivity contribution is 0.0388. The summed E-state index contributed by atoms with van der Waals surface area (Å²) in [6.07, 6.45) is 3.82. The Morgan fingerprint density at radius 1 is 1.23 bits per heavy atom. The molecule has 44 heavy (non-hydrogen) atoms. The van der Waals surface area contributed by atoms with Crippen molar-refractivity contribution in [2.24, 2.45) is 13.0 Å². The Labute approximate surface area is 260 Å². The van der Waals surface area contributed by atoms with Crippen molar-refractivity contribution < 1.29 is 27.9 Å². The molecule has 0 fully saturated rings. The number of imidazole rings is 1. The van der Waals surface area contributed by atoms with Crippen LogP contribution < -0.4 is 10.1 Å². The van der Waals surface area contributed by atoms with Crippen LogP contribution in [-0.4, -0.2) is 88.0 Å². The molecular weight excluding hydrogens is 605 g/mol. The lowest BCUT2D eigenvalue weighted by Gasteiger charge is -2.38. The van der Waals surface area contributed by atoms with Crippen molar-refractivity contribution in [1.82, 2.24) is 23.7 Å². The molecular formula is C30H34N6O6S2. The number of hydrogen-bond donors (Lipinski definition) is 2. The molecule has 0 saturated heterocycles. The number of thiazole rings is 1.